The van der Waals surface area contributed by atoms with E-state index >= 15 is 0 Å². The summed E-state index contributed by atoms with van der Waals surface area (Å²) in [5, 5.41) is 0. The molecule has 0 aromatic carbocycles. The lowest BCUT2D eigenvalue weighted by Gasteiger charge is -2.44. The van der Waals surface area contributed by atoms with Crippen molar-refractivity contribution >= 4 is 5.78 Å². The minimum atomic E-state index is -0.274. The Morgan fingerprint density at radius 2 is 1.95 bits per heavy atom. The van der Waals surface area contributed by atoms with E-state index in [2.05, 4.69) is 25.7 Å². The van der Waals surface area contributed by atoms with Crippen LogP contribution in [-0.4, -0.2) is 42.5 Å². The van der Waals surface area contributed by atoms with E-state index in [1.807, 2.05) is 0 Å². The monoisotopic (exact) mass is 281 g/mol. The molecule has 3 heteroatoms. The zero-order valence-corrected chi connectivity index (χ0v) is 13.5. The lowest BCUT2D eigenvalue weighted by Crippen LogP contribution is -2.58. The molecule has 1 saturated heterocycles. The van der Waals surface area contributed by atoms with E-state index in [1.54, 1.807) is 0 Å². The summed E-state index contributed by atoms with van der Waals surface area (Å²) < 4.78 is 5.45. The third-order valence-corrected chi connectivity index (χ3v) is 5.66. The second-order valence-electron chi connectivity index (χ2n) is 6.73. The highest BCUT2D eigenvalue weighted by molar-refractivity contribution is 5.90. The molecule has 1 saturated carbocycles. The summed E-state index contributed by atoms with van der Waals surface area (Å²) in [6.45, 7) is 9.93. The minimum absolute atomic E-state index is 0.274. The van der Waals surface area contributed by atoms with Crippen LogP contribution in [0, 0.1) is 11.8 Å². The van der Waals surface area contributed by atoms with E-state index in [1.165, 1.54) is 19.3 Å². The maximum atomic E-state index is 13.1. The predicted octanol–water partition coefficient (Wildman–Crippen LogP) is 3.27. The van der Waals surface area contributed by atoms with Crippen molar-refractivity contribution in [2.45, 2.75) is 64.8 Å². The highest BCUT2D eigenvalue weighted by atomic mass is 16.5. The molecule has 1 aliphatic carbocycles. The molecule has 0 N–H and O–H groups in total. The van der Waals surface area contributed by atoms with Gasteiger partial charge in [0.2, 0.25) is 0 Å². The fourth-order valence-electron chi connectivity index (χ4n) is 3.95. The SMILES string of the molecule is CCC1CCCC(C(=O)C(C)(CC)N2CCOCC2)C1. The zero-order chi connectivity index (χ0) is 14.6. The van der Waals surface area contributed by atoms with Crippen molar-refractivity contribution in [2.24, 2.45) is 11.8 Å². The van der Waals surface area contributed by atoms with E-state index in [-0.39, 0.29) is 5.54 Å². The average Bonchev–Trinajstić information content (AvgIpc) is 2.54. The Labute approximate surface area is 124 Å². The number of carbonyl (C=O) groups excluding carboxylic acids is 1. The molecular weight excluding hydrogens is 250 g/mol. The van der Waals surface area contributed by atoms with Crippen molar-refractivity contribution in [3.63, 3.8) is 0 Å². The molecule has 116 valence electrons. The molecule has 0 aromatic rings. The number of ether oxygens (including phenoxy) is 1. The number of carbonyl (C=O) groups is 1. The summed E-state index contributed by atoms with van der Waals surface area (Å²) in [5.74, 6) is 1.56. The molecule has 0 bridgehead atoms. The van der Waals surface area contributed by atoms with Crippen LogP contribution in [0.25, 0.3) is 0 Å². The summed E-state index contributed by atoms with van der Waals surface area (Å²) >= 11 is 0. The number of hydrogen-bond donors (Lipinski definition) is 0. The molecule has 1 aliphatic heterocycles. The predicted molar refractivity (Wildman–Crippen MR) is 81.8 cm³/mol. The number of morpholine rings is 1. The summed E-state index contributed by atoms with van der Waals surface area (Å²) in [7, 11) is 0. The van der Waals surface area contributed by atoms with Crippen molar-refractivity contribution in [1.82, 2.24) is 4.90 Å². The second kappa shape index (κ2) is 7.04. The van der Waals surface area contributed by atoms with Crippen LogP contribution in [0.5, 0.6) is 0 Å². The first kappa shape index (κ1) is 16.0. The van der Waals surface area contributed by atoms with E-state index in [0.29, 0.717) is 11.7 Å². The van der Waals surface area contributed by atoms with Gasteiger partial charge in [0.25, 0.3) is 0 Å². The highest BCUT2D eigenvalue weighted by Gasteiger charge is 2.42. The lowest BCUT2D eigenvalue weighted by molar-refractivity contribution is -0.139. The van der Waals surface area contributed by atoms with Gasteiger partial charge in [-0.25, -0.2) is 0 Å². The molecule has 2 fully saturated rings. The number of hydrogen-bond acceptors (Lipinski definition) is 3. The van der Waals surface area contributed by atoms with Crippen LogP contribution in [0.4, 0.5) is 0 Å². The van der Waals surface area contributed by atoms with Crippen LogP contribution in [-0.2, 0) is 9.53 Å². The van der Waals surface area contributed by atoms with Crippen molar-refractivity contribution in [3.8, 4) is 0 Å². The van der Waals surface area contributed by atoms with Gasteiger partial charge in [0.05, 0.1) is 18.8 Å². The van der Waals surface area contributed by atoms with Crippen molar-refractivity contribution in [3.05, 3.63) is 0 Å². The van der Waals surface area contributed by atoms with Gasteiger partial charge in [-0.3, -0.25) is 9.69 Å². The quantitative estimate of drug-likeness (QED) is 0.774. The van der Waals surface area contributed by atoms with Gasteiger partial charge in [-0.2, -0.15) is 0 Å². The molecule has 3 atom stereocenters. The molecule has 3 nitrogen and oxygen atoms in total. The maximum absolute atomic E-state index is 13.1. The van der Waals surface area contributed by atoms with Gasteiger partial charge in [-0.05, 0) is 32.1 Å². The Balaban J connectivity index is 2.06. The Kier molecular flexibility index (Phi) is 5.62. The van der Waals surface area contributed by atoms with Gasteiger partial charge in [-0.1, -0.05) is 33.1 Å². The molecule has 2 aliphatic rings. The fraction of sp³-hybridized carbons (Fsp3) is 0.941. The minimum Gasteiger partial charge on any atom is -0.379 e. The summed E-state index contributed by atoms with van der Waals surface area (Å²) in [5.41, 5.74) is -0.274. The van der Waals surface area contributed by atoms with Gasteiger partial charge >= 0.3 is 0 Å². The van der Waals surface area contributed by atoms with Gasteiger partial charge < -0.3 is 4.74 Å². The van der Waals surface area contributed by atoms with Crippen LogP contribution in [0.3, 0.4) is 0 Å². The smallest absolute Gasteiger partial charge is 0.155 e. The first-order valence-corrected chi connectivity index (χ1v) is 8.49. The summed E-state index contributed by atoms with van der Waals surface area (Å²) in [4.78, 5) is 15.5. The lowest BCUT2D eigenvalue weighted by atomic mass is 9.73. The van der Waals surface area contributed by atoms with Crippen LogP contribution in [0.2, 0.25) is 0 Å². The Morgan fingerprint density at radius 3 is 2.55 bits per heavy atom. The van der Waals surface area contributed by atoms with Gasteiger partial charge in [0.15, 0.2) is 5.78 Å². The van der Waals surface area contributed by atoms with Crippen molar-refractivity contribution in [2.75, 3.05) is 26.3 Å². The Bertz CT molecular complexity index is 325. The number of Topliss-reactive ketones (excluding diaryl/α,β-unsaturated/α-hetero) is 1. The summed E-state index contributed by atoms with van der Waals surface area (Å²) in [6.07, 6.45) is 6.92. The Morgan fingerprint density at radius 1 is 1.25 bits per heavy atom. The first-order chi connectivity index (χ1) is 9.61. The fourth-order valence-corrected chi connectivity index (χ4v) is 3.95. The largest absolute Gasteiger partial charge is 0.379 e. The number of rotatable bonds is 5. The van der Waals surface area contributed by atoms with Crippen molar-refractivity contribution < 1.29 is 9.53 Å². The van der Waals surface area contributed by atoms with Crippen LogP contribution in [0.1, 0.15) is 59.3 Å². The normalized spacial score (nSPS) is 31.8. The molecule has 0 radical (unpaired) electrons. The Hall–Kier alpha value is -0.410. The molecule has 2 rings (SSSR count). The molecule has 0 amide bonds. The molecule has 1 heterocycles. The standard InChI is InChI=1S/C17H31NO2/c1-4-14-7-6-8-15(13-14)16(19)17(3,5-2)18-9-11-20-12-10-18/h14-15H,4-13H2,1-3H3. The first-order valence-electron chi connectivity index (χ1n) is 8.49. The highest BCUT2D eigenvalue weighted by Crippen LogP contribution is 2.36. The second-order valence-corrected chi connectivity index (χ2v) is 6.73. The van der Waals surface area contributed by atoms with Gasteiger partial charge in [0.1, 0.15) is 0 Å². The zero-order valence-electron chi connectivity index (χ0n) is 13.5. The molecular formula is C17H31NO2. The molecule has 3 unspecified atom stereocenters. The van der Waals surface area contributed by atoms with Gasteiger partial charge in [-0.15, -0.1) is 0 Å². The van der Waals surface area contributed by atoms with E-state index < -0.39 is 0 Å². The average molecular weight is 281 g/mol. The van der Waals surface area contributed by atoms with E-state index in [0.717, 1.165) is 51.5 Å². The number of ketones is 1. The molecule has 20 heavy (non-hydrogen) atoms. The van der Waals surface area contributed by atoms with E-state index in [4.69, 9.17) is 4.74 Å². The maximum Gasteiger partial charge on any atom is 0.155 e. The van der Waals surface area contributed by atoms with Crippen LogP contribution in [0.15, 0.2) is 0 Å². The third kappa shape index (κ3) is 3.25. The van der Waals surface area contributed by atoms with Crippen LogP contribution < -0.4 is 0 Å². The molecule has 0 spiro atoms. The topological polar surface area (TPSA) is 29.5 Å². The summed E-state index contributed by atoms with van der Waals surface area (Å²) in [6, 6.07) is 0. The van der Waals surface area contributed by atoms with Crippen molar-refractivity contribution in [1.29, 1.82) is 0 Å². The third-order valence-electron chi connectivity index (χ3n) is 5.66. The van der Waals surface area contributed by atoms with Crippen LogP contribution >= 0.6 is 0 Å². The molecule has 0 aromatic heterocycles. The van der Waals surface area contributed by atoms with Gasteiger partial charge in [0, 0.05) is 19.0 Å². The van der Waals surface area contributed by atoms with E-state index in [9.17, 15) is 4.79 Å². The number of nitrogens with zero attached hydrogens (tertiary/aromatic N) is 1.